The van der Waals surface area contributed by atoms with E-state index in [2.05, 4.69) is 45.2 Å². The van der Waals surface area contributed by atoms with Crippen molar-refractivity contribution in [2.24, 2.45) is 7.05 Å². The molecular weight excluding hydrogens is 480 g/mol. The Hall–Kier alpha value is -3.24. The van der Waals surface area contributed by atoms with Crippen LogP contribution in [0.3, 0.4) is 0 Å². The number of aryl methyl sites for hydroxylation is 3. The van der Waals surface area contributed by atoms with Gasteiger partial charge in [0.15, 0.2) is 5.65 Å². The Morgan fingerprint density at radius 3 is 2.92 bits per heavy atom. The van der Waals surface area contributed by atoms with Crippen LogP contribution in [0.25, 0.3) is 11.0 Å². The summed E-state index contributed by atoms with van der Waals surface area (Å²) in [6.07, 6.45) is 6.88. The molecule has 1 saturated heterocycles. The molecule has 8 rings (SSSR count). The van der Waals surface area contributed by atoms with Crippen LogP contribution < -0.4 is 15.5 Å². The zero-order valence-corrected chi connectivity index (χ0v) is 22.5. The first kappa shape index (κ1) is 23.8. The van der Waals surface area contributed by atoms with Crippen LogP contribution in [0.1, 0.15) is 48.3 Å². The number of morpholine rings is 1. The van der Waals surface area contributed by atoms with Crippen LogP contribution in [0.15, 0.2) is 23.4 Å². The highest BCUT2D eigenvalue weighted by molar-refractivity contribution is 5.89. The molecule has 2 N–H and O–H groups in total. The number of ether oxygens (including phenoxy) is 1. The van der Waals surface area contributed by atoms with Crippen molar-refractivity contribution in [2.45, 2.75) is 70.6 Å². The number of fused-ring (bicyclic) bond motifs is 4. The Kier molecular flexibility index (Phi) is 5.59. The molecule has 3 aliphatic carbocycles. The van der Waals surface area contributed by atoms with Gasteiger partial charge in [-0.2, -0.15) is 10.2 Å². The van der Waals surface area contributed by atoms with Crippen molar-refractivity contribution in [3.05, 3.63) is 46.1 Å². The molecule has 1 atom stereocenters. The molecule has 0 unspecified atom stereocenters. The number of rotatable bonds is 5. The number of carbonyl (C=O) groups excluding carboxylic acids is 1. The lowest BCUT2D eigenvalue weighted by Crippen LogP contribution is -2.62. The maximum atomic E-state index is 12.8. The first-order chi connectivity index (χ1) is 18.4. The van der Waals surface area contributed by atoms with Gasteiger partial charge in [-0.25, -0.2) is 4.98 Å². The highest BCUT2D eigenvalue weighted by atomic mass is 16.5. The van der Waals surface area contributed by atoms with Gasteiger partial charge in [-0.3, -0.25) is 14.2 Å². The van der Waals surface area contributed by atoms with E-state index in [1.165, 1.54) is 28.1 Å². The van der Waals surface area contributed by atoms with Gasteiger partial charge < -0.3 is 20.3 Å². The monoisotopic (exact) mass is 516 g/mol. The van der Waals surface area contributed by atoms with E-state index in [1.54, 1.807) is 0 Å². The van der Waals surface area contributed by atoms with E-state index in [0.717, 1.165) is 80.7 Å². The largest absolute Gasteiger partial charge is 0.378 e. The number of allylic oxidation sites excluding steroid dienone is 1. The fourth-order valence-electron chi connectivity index (χ4n) is 6.84. The number of pyridine rings is 1. The molecule has 2 aliphatic heterocycles. The van der Waals surface area contributed by atoms with Gasteiger partial charge in [0, 0.05) is 55.6 Å². The third kappa shape index (κ3) is 3.92. The van der Waals surface area contributed by atoms with Crippen LogP contribution >= 0.6 is 0 Å². The number of anilines is 1. The van der Waals surface area contributed by atoms with Gasteiger partial charge >= 0.3 is 0 Å². The zero-order chi connectivity index (χ0) is 26.0. The van der Waals surface area contributed by atoms with Crippen molar-refractivity contribution in [3.63, 3.8) is 0 Å². The molecule has 3 aromatic rings. The summed E-state index contributed by atoms with van der Waals surface area (Å²) in [6.45, 7) is 8.75. The van der Waals surface area contributed by atoms with E-state index in [9.17, 15) is 4.79 Å². The van der Waals surface area contributed by atoms with Crippen LogP contribution in [0.2, 0.25) is 0 Å². The van der Waals surface area contributed by atoms with Crippen molar-refractivity contribution < 1.29 is 9.53 Å². The smallest absolute Gasteiger partial charge is 0.239 e. The van der Waals surface area contributed by atoms with Gasteiger partial charge in [0.1, 0.15) is 6.04 Å². The third-order valence-corrected chi connectivity index (χ3v) is 8.96. The second kappa shape index (κ2) is 8.91. The van der Waals surface area contributed by atoms with Gasteiger partial charge in [0.2, 0.25) is 5.91 Å². The summed E-state index contributed by atoms with van der Waals surface area (Å²) in [7, 11) is 1.95. The fourth-order valence-corrected chi connectivity index (χ4v) is 6.84. The number of amides is 1. The highest BCUT2D eigenvalue weighted by Gasteiger charge is 2.47. The summed E-state index contributed by atoms with van der Waals surface area (Å²) in [6, 6.07) is 1.96. The lowest BCUT2D eigenvalue weighted by molar-refractivity contribution is -0.128. The zero-order valence-electron chi connectivity index (χ0n) is 22.5. The van der Waals surface area contributed by atoms with E-state index >= 15 is 0 Å². The van der Waals surface area contributed by atoms with Gasteiger partial charge in [-0.15, -0.1) is 0 Å². The molecular formula is C28H36N8O2. The van der Waals surface area contributed by atoms with Crippen molar-refractivity contribution >= 4 is 22.6 Å². The van der Waals surface area contributed by atoms with Crippen LogP contribution in [-0.2, 0) is 36.1 Å². The minimum Gasteiger partial charge on any atom is -0.378 e. The van der Waals surface area contributed by atoms with Crippen molar-refractivity contribution in [1.82, 2.24) is 35.2 Å². The third-order valence-electron chi connectivity index (χ3n) is 8.96. The summed E-state index contributed by atoms with van der Waals surface area (Å²) in [5.41, 5.74) is 9.95. The summed E-state index contributed by atoms with van der Waals surface area (Å²) >= 11 is 0. The Labute approximate surface area is 222 Å². The number of nitrogens with zero attached hydrogens (tertiary/aromatic N) is 6. The lowest BCUT2D eigenvalue weighted by Gasteiger charge is -2.50. The average Bonchev–Trinajstić information content (AvgIpc) is 3.43. The molecule has 5 heterocycles. The number of aromatic nitrogens is 5. The first-order valence-corrected chi connectivity index (χ1v) is 13.8. The fraction of sp³-hybridized carbons (Fsp3) is 0.571. The van der Waals surface area contributed by atoms with Gasteiger partial charge in [-0.05, 0) is 51.2 Å². The maximum absolute atomic E-state index is 12.8. The SMILES string of the molecule is Cc1cc(N2CCc3c(c(C)nn3CC3=C4CC(NC(=O)[C@H]5COCCN5)(CC3)C4)C2)c2cnn(C)c2n1. The first-order valence-electron chi connectivity index (χ1n) is 13.8. The van der Waals surface area contributed by atoms with Crippen molar-refractivity contribution in [2.75, 3.05) is 31.2 Å². The summed E-state index contributed by atoms with van der Waals surface area (Å²) in [5.74, 6) is 0.0847. The molecule has 1 amide bonds. The van der Waals surface area contributed by atoms with E-state index in [1.807, 2.05) is 17.9 Å². The van der Waals surface area contributed by atoms with E-state index in [-0.39, 0.29) is 17.5 Å². The Balaban J connectivity index is 1.06. The Morgan fingerprint density at radius 2 is 2.16 bits per heavy atom. The molecule has 10 heteroatoms. The average molecular weight is 517 g/mol. The second-order valence-corrected chi connectivity index (χ2v) is 11.5. The molecule has 0 aromatic carbocycles. The number of hydrogen-bond acceptors (Lipinski definition) is 7. The summed E-state index contributed by atoms with van der Waals surface area (Å²) < 4.78 is 9.59. The molecule has 200 valence electrons. The predicted molar refractivity (Wildman–Crippen MR) is 144 cm³/mol. The number of carbonyl (C=O) groups is 1. The standard InChI is InChI=1S/C28H36N8O2/c1-17-10-25(21-13-30-34(3)26(21)31-17)35-8-5-24-22(15-35)18(2)33-36(24)14-19-4-6-28(11-20(19)12-28)32-27(37)23-16-38-9-7-29-23/h10,13,23,29H,4-9,11-12,14-16H2,1-3H3,(H,32,37)/t23-/m1/s1. The quantitative estimate of drug-likeness (QED) is 0.501. The lowest BCUT2D eigenvalue weighted by atomic mass is 9.62. The molecule has 38 heavy (non-hydrogen) atoms. The van der Waals surface area contributed by atoms with Crippen LogP contribution in [0.5, 0.6) is 0 Å². The Bertz CT molecular complexity index is 1450. The van der Waals surface area contributed by atoms with Gasteiger partial charge in [0.05, 0.1) is 42.7 Å². The van der Waals surface area contributed by atoms with Crippen LogP contribution in [0, 0.1) is 13.8 Å². The molecule has 0 radical (unpaired) electrons. The molecule has 0 spiro atoms. The maximum Gasteiger partial charge on any atom is 0.239 e. The number of nitrogens with one attached hydrogen (secondary N) is 2. The predicted octanol–water partition coefficient (Wildman–Crippen LogP) is 2.07. The minimum absolute atomic E-state index is 0.0602. The summed E-state index contributed by atoms with van der Waals surface area (Å²) in [4.78, 5) is 19.9. The highest BCUT2D eigenvalue weighted by Crippen LogP contribution is 2.49. The second-order valence-electron chi connectivity index (χ2n) is 11.5. The molecule has 10 nitrogen and oxygen atoms in total. The van der Waals surface area contributed by atoms with Crippen LogP contribution in [0.4, 0.5) is 5.69 Å². The normalized spacial score (nSPS) is 22.4. The Morgan fingerprint density at radius 1 is 1.29 bits per heavy atom. The van der Waals surface area contributed by atoms with E-state index in [0.29, 0.717) is 13.2 Å². The molecule has 2 bridgehead atoms. The molecule has 5 aliphatic rings. The van der Waals surface area contributed by atoms with E-state index in [4.69, 9.17) is 14.8 Å². The topological polar surface area (TPSA) is 102 Å². The van der Waals surface area contributed by atoms with E-state index < -0.39 is 0 Å². The number of hydrogen-bond donors (Lipinski definition) is 2. The minimum atomic E-state index is -0.226. The van der Waals surface area contributed by atoms with Crippen LogP contribution in [-0.4, -0.2) is 68.3 Å². The molecule has 1 saturated carbocycles. The van der Waals surface area contributed by atoms with Crippen molar-refractivity contribution in [3.8, 4) is 0 Å². The van der Waals surface area contributed by atoms with Gasteiger partial charge in [0.25, 0.3) is 0 Å². The van der Waals surface area contributed by atoms with Gasteiger partial charge in [-0.1, -0.05) is 5.57 Å². The molecule has 3 aromatic heterocycles. The van der Waals surface area contributed by atoms with Crippen molar-refractivity contribution in [1.29, 1.82) is 0 Å². The summed E-state index contributed by atoms with van der Waals surface area (Å²) in [5, 5.41) is 17.2. The molecule has 2 fully saturated rings.